The fourth-order valence-corrected chi connectivity index (χ4v) is 1.43. The fraction of sp³-hybridized carbons (Fsp3) is 0.333. The standard InChI is InChI=1S/C9H12BrClN2/c1-6(5-12)13-7-2-3-9(11)8(10)4-7/h2-4,6,13H,5,12H2,1H3. The molecule has 0 spiro atoms. The van der Waals surface area contributed by atoms with Crippen LogP contribution in [0, 0.1) is 0 Å². The Labute approximate surface area is 91.6 Å². The second-order valence-corrected chi connectivity index (χ2v) is 4.17. The third-order valence-corrected chi connectivity index (χ3v) is 2.90. The van der Waals surface area contributed by atoms with Gasteiger partial charge in [0.2, 0.25) is 0 Å². The lowest BCUT2D eigenvalue weighted by molar-refractivity contribution is 0.804. The zero-order chi connectivity index (χ0) is 9.84. The molecule has 0 aromatic heterocycles. The van der Waals surface area contributed by atoms with Crippen molar-refractivity contribution < 1.29 is 0 Å². The predicted molar refractivity (Wildman–Crippen MR) is 61.3 cm³/mol. The van der Waals surface area contributed by atoms with Crippen molar-refractivity contribution in [3.63, 3.8) is 0 Å². The first-order chi connectivity index (χ1) is 6.13. The maximum Gasteiger partial charge on any atom is 0.0549 e. The molecule has 0 aliphatic heterocycles. The molecule has 1 rings (SSSR count). The number of benzene rings is 1. The van der Waals surface area contributed by atoms with Gasteiger partial charge in [0.1, 0.15) is 0 Å². The largest absolute Gasteiger partial charge is 0.381 e. The highest BCUT2D eigenvalue weighted by molar-refractivity contribution is 9.10. The van der Waals surface area contributed by atoms with Crippen molar-refractivity contribution in [3.05, 3.63) is 27.7 Å². The van der Waals surface area contributed by atoms with E-state index in [1.807, 2.05) is 25.1 Å². The van der Waals surface area contributed by atoms with Gasteiger partial charge in [0, 0.05) is 22.7 Å². The van der Waals surface area contributed by atoms with Gasteiger partial charge in [-0.25, -0.2) is 0 Å². The Kier molecular flexibility index (Phi) is 4.03. The van der Waals surface area contributed by atoms with Gasteiger partial charge in [0.15, 0.2) is 0 Å². The number of anilines is 1. The molecule has 0 aliphatic carbocycles. The molecule has 0 saturated heterocycles. The van der Waals surface area contributed by atoms with Crippen molar-refractivity contribution in [2.24, 2.45) is 5.73 Å². The smallest absolute Gasteiger partial charge is 0.0549 e. The number of halogens is 2. The van der Waals surface area contributed by atoms with Crippen LogP contribution in [-0.2, 0) is 0 Å². The monoisotopic (exact) mass is 262 g/mol. The van der Waals surface area contributed by atoms with Crippen molar-refractivity contribution in [2.45, 2.75) is 13.0 Å². The SMILES string of the molecule is CC(CN)Nc1ccc(Cl)c(Br)c1. The summed E-state index contributed by atoms with van der Waals surface area (Å²) in [5, 5.41) is 3.96. The van der Waals surface area contributed by atoms with E-state index in [0.29, 0.717) is 11.6 Å². The van der Waals surface area contributed by atoms with Gasteiger partial charge >= 0.3 is 0 Å². The minimum Gasteiger partial charge on any atom is -0.381 e. The summed E-state index contributed by atoms with van der Waals surface area (Å²) in [5.74, 6) is 0. The van der Waals surface area contributed by atoms with E-state index in [4.69, 9.17) is 17.3 Å². The van der Waals surface area contributed by atoms with Crippen LogP contribution in [0.15, 0.2) is 22.7 Å². The minimum atomic E-state index is 0.271. The van der Waals surface area contributed by atoms with Gasteiger partial charge in [-0.05, 0) is 41.1 Å². The molecule has 1 unspecified atom stereocenters. The van der Waals surface area contributed by atoms with Crippen LogP contribution in [0.1, 0.15) is 6.92 Å². The first kappa shape index (κ1) is 10.8. The highest BCUT2D eigenvalue weighted by Crippen LogP contribution is 2.25. The lowest BCUT2D eigenvalue weighted by atomic mass is 10.2. The van der Waals surface area contributed by atoms with Gasteiger partial charge in [-0.3, -0.25) is 0 Å². The zero-order valence-electron chi connectivity index (χ0n) is 7.35. The Bertz CT molecular complexity index is 291. The second-order valence-electron chi connectivity index (χ2n) is 2.91. The van der Waals surface area contributed by atoms with Crippen LogP contribution in [0.5, 0.6) is 0 Å². The minimum absolute atomic E-state index is 0.271. The molecule has 0 amide bonds. The van der Waals surface area contributed by atoms with Crippen molar-refractivity contribution in [2.75, 3.05) is 11.9 Å². The molecule has 13 heavy (non-hydrogen) atoms. The molecule has 0 saturated carbocycles. The van der Waals surface area contributed by atoms with Gasteiger partial charge in [0.25, 0.3) is 0 Å². The first-order valence-corrected chi connectivity index (χ1v) is 5.22. The molecule has 0 radical (unpaired) electrons. The summed E-state index contributed by atoms with van der Waals surface area (Å²) in [4.78, 5) is 0. The first-order valence-electron chi connectivity index (χ1n) is 4.05. The van der Waals surface area contributed by atoms with Crippen molar-refractivity contribution in [1.82, 2.24) is 0 Å². The Morgan fingerprint density at radius 2 is 2.31 bits per heavy atom. The van der Waals surface area contributed by atoms with E-state index in [0.717, 1.165) is 10.2 Å². The average Bonchev–Trinajstić information content (AvgIpc) is 2.11. The predicted octanol–water partition coefficient (Wildman–Crippen LogP) is 2.86. The number of nitrogens with one attached hydrogen (secondary N) is 1. The van der Waals surface area contributed by atoms with Crippen LogP contribution in [0.2, 0.25) is 5.02 Å². The molecule has 2 nitrogen and oxygen atoms in total. The topological polar surface area (TPSA) is 38.0 Å². The third kappa shape index (κ3) is 3.18. The summed E-state index contributed by atoms with van der Waals surface area (Å²) >= 11 is 9.21. The second kappa shape index (κ2) is 4.84. The lowest BCUT2D eigenvalue weighted by Crippen LogP contribution is -2.25. The Morgan fingerprint density at radius 1 is 1.62 bits per heavy atom. The fourth-order valence-electron chi connectivity index (χ4n) is 0.929. The van der Waals surface area contributed by atoms with E-state index < -0.39 is 0 Å². The summed E-state index contributed by atoms with van der Waals surface area (Å²) in [6, 6.07) is 5.98. The maximum absolute atomic E-state index is 5.85. The molecule has 1 aromatic rings. The van der Waals surface area contributed by atoms with Gasteiger partial charge < -0.3 is 11.1 Å². The normalized spacial score (nSPS) is 12.6. The molecule has 0 aliphatic rings. The summed E-state index contributed by atoms with van der Waals surface area (Å²) in [5.41, 5.74) is 6.51. The summed E-state index contributed by atoms with van der Waals surface area (Å²) in [7, 11) is 0. The van der Waals surface area contributed by atoms with Gasteiger partial charge in [-0.1, -0.05) is 11.6 Å². The van der Waals surface area contributed by atoms with E-state index in [1.54, 1.807) is 0 Å². The average molecular weight is 264 g/mol. The molecular weight excluding hydrogens is 251 g/mol. The molecule has 4 heteroatoms. The number of hydrogen-bond acceptors (Lipinski definition) is 2. The molecule has 72 valence electrons. The van der Waals surface area contributed by atoms with E-state index in [1.165, 1.54) is 0 Å². The third-order valence-electron chi connectivity index (χ3n) is 1.69. The van der Waals surface area contributed by atoms with Crippen LogP contribution in [0.3, 0.4) is 0 Å². The van der Waals surface area contributed by atoms with Crippen LogP contribution in [0.25, 0.3) is 0 Å². The molecule has 1 atom stereocenters. The molecule has 3 N–H and O–H groups in total. The van der Waals surface area contributed by atoms with Gasteiger partial charge in [-0.2, -0.15) is 0 Å². The van der Waals surface area contributed by atoms with Gasteiger partial charge in [0.05, 0.1) is 5.02 Å². The highest BCUT2D eigenvalue weighted by atomic mass is 79.9. The Morgan fingerprint density at radius 3 is 2.85 bits per heavy atom. The van der Waals surface area contributed by atoms with Crippen LogP contribution < -0.4 is 11.1 Å². The molecule has 0 fully saturated rings. The van der Waals surface area contributed by atoms with E-state index in [2.05, 4.69) is 21.2 Å². The summed E-state index contributed by atoms with van der Waals surface area (Å²) < 4.78 is 0.892. The van der Waals surface area contributed by atoms with E-state index >= 15 is 0 Å². The number of rotatable bonds is 3. The number of hydrogen-bond donors (Lipinski definition) is 2. The quantitative estimate of drug-likeness (QED) is 0.880. The van der Waals surface area contributed by atoms with E-state index in [9.17, 15) is 0 Å². The molecule has 0 heterocycles. The van der Waals surface area contributed by atoms with E-state index in [-0.39, 0.29) is 6.04 Å². The summed E-state index contributed by atoms with van der Waals surface area (Å²) in [6.07, 6.45) is 0. The zero-order valence-corrected chi connectivity index (χ0v) is 9.69. The van der Waals surface area contributed by atoms with Crippen LogP contribution in [0.4, 0.5) is 5.69 Å². The molecular formula is C9H12BrClN2. The molecule has 0 bridgehead atoms. The van der Waals surface area contributed by atoms with Crippen LogP contribution in [-0.4, -0.2) is 12.6 Å². The lowest BCUT2D eigenvalue weighted by Gasteiger charge is -2.13. The van der Waals surface area contributed by atoms with Gasteiger partial charge in [-0.15, -0.1) is 0 Å². The van der Waals surface area contributed by atoms with Crippen molar-refractivity contribution in [3.8, 4) is 0 Å². The van der Waals surface area contributed by atoms with Crippen molar-refractivity contribution in [1.29, 1.82) is 0 Å². The maximum atomic E-state index is 5.85. The van der Waals surface area contributed by atoms with Crippen LogP contribution >= 0.6 is 27.5 Å². The highest BCUT2D eigenvalue weighted by Gasteiger charge is 2.01. The Balaban J connectivity index is 2.73. The Hall–Kier alpha value is -0.250. The summed E-state index contributed by atoms with van der Waals surface area (Å²) in [6.45, 7) is 2.64. The number of nitrogens with two attached hydrogens (primary N) is 1. The molecule has 1 aromatic carbocycles. The van der Waals surface area contributed by atoms with Crippen molar-refractivity contribution >= 4 is 33.2 Å².